The van der Waals surface area contributed by atoms with Crippen molar-refractivity contribution in [1.29, 1.82) is 0 Å². The Labute approximate surface area is 131 Å². The minimum absolute atomic E-state index is 0.165. The molecule has 0 radical (unpaired) electrons. The van der Waals surface area contributed by atoms with Gasteiger partial charge in [-0.05, 0) is 50.5 Å². The second-order valence-corrected chi connectivity index (χ2v) is 6.74. The number of ether oxygens (including phenoxy) is 1. The van der Waals surface area contributed by atoms with Crippen LogP contribution >= 0.6 is 0 Å². The summed E-state index contributed by atoms with van der Waals surface area (Å²) in [6.07, 6.45) is 7.16. The van der Waals surface area contributed by atoms with Crippen molar-refractivity contribution >= 4 is 11.9 Å². The molecule has 0 bridgehead atoms. The van der Waals surface area contributed by atoms with Crippen molar-refractivity contribution < 1.29 is 19.4 Å². The topological polar surface area (TPSA) is 63.6 Å². The highest BCUT2D eigenvalue weighted by Crippen LogP contribution is 2.32. The highest BCUT2D eigenvalue weighted by Gasteiger charge is 2.28. The molecule has 0 aromatic heterocycles. The predicted molar refractivity (Wildman–Crippen MR) is 84.1 cm³/mol. The van der Waals surface area contributed by atoms with Crippen molar-refractivity contribution in [1.82, 2.24) is 0 Å². The molecule has 1 fully saturated rings. The van der Waals surface area contributed by atoms with Crippen LogP contribution in [0.3, 0.4) is 0 Å². The van der Waals surface area contributed by atoms with E-state index < -0.39 is 17.5 Å². The fourth-order valence-electron chi connectivity index (χ4n) is 3.19. The highest BCUT2D eigenvalue weighted by atomic mass is 16.6. The van der Waals surface area contributed by atoms with Gasteiger partial charge in [0.25, 0.3) is 0 Å². The lowest BCUT2D eigenvalue weighted by Crippen LogP contribution is -2.31. The first kappa shape index (κ1) is 16.5. The Bertz CT molecular complexity index is 525. The summed E-state index contributed by atoms with van der Waals surface area (Å²) >= 11 is 0. The fraction of sp³-hybridized carbons (Fsp3) is 0.556. The van der Waals surface area contributed by atoms with E-state index in [1.807, 2.05) is 13.8 Å². The molecule has 4 heteroatoms. The van der Waals surface area contributed by atoms with Crippen LogP contribution in [-0.4, -0.2) is 22.6 Å². The molecule has 1 aliphatic carbocycles. The largest absolute Gasteiger partial charge is 0.478 e. The SMILES string of the molecule is CC(C)(CC1CCCCC1)OC(=O)c1ccc(C(=O)O)cc1. The zero-order chi connectivity index (χ0) is 16.2. The maximum Gasteiger partial charge on any atom is 0.338 e. The number of rotatable bonds is 5. The minimum atomic E-state index is -1.00. The Morgan fingerprint density at radius 3 is 2.18 bits per heavy atom. The summed E-state index contributed by atoms with van der Waals surface area (Å²) in [5.74, 6) is -0.763. The first-order valence-electron chi connectivity index (χ1n) is 7.94. The molecule has 4 nitrogen and oxygen atoms in total. The molecule has 1 N–H and O–H groups in total. The van der Waals surface area contributed by atoms with Crippen molar-refractivity contribution in [3.8, 4) is 0 Å². The Balaban J connectivity index is 1.95. The molecule has 0 unspecified atom stereocenters. The molecule has 0 atom stereocenters. The van der Waals surface area contributed by atoms with Gasteiger partial charge in [-0.25, -0.2) is 9.59 Å². The van der Waals surface area contributed by atoms with Gasteiger partial charge >= 0.3 is 11.9 Å². The van der Waals surface area contributed by atoms with Crippen LogP contribution in [0.25, 0.3) is 0 Å². The van der Waals surface area contributed by atoms with Gasteiger partial charge < -0.3 is 9.84 Å². The lowest BCUT2D eigenvalue weighted by molar-refractivity contribution is -0.0138. The van der Waals surface area contributed by atoms with Crippen LogP contribution in [-0.2, 0) is 4.74 Å². The van der Waals surface area contributed by atoms with E-state index in [-0.39, 0.29) is 5.56 Å². The summed E-state index contributed by atoms with van der Waals surface area (Å²) in [7, 11) is 0. The number of aromatic carboxylic acids is 1. The fourth-order valence-corrected chi connectivity index (χ4v) is 3.19. The molecule has 0 amide bonds. The highest BCUT2D eigenvalue weighted by molar-refractivity contribution is 5.92. The zero-order valence-corrected chi connectivity index (χ0v) is 13.3. The van der Waals surface area contributed by atoms with Gasteiger partial charge in [-0.1, -0.05) is 32.1 Å². The van der Waals surface area contributed by atoms with Gasteiger partial charge in [0, 0.05) is 0 Å². The molecule has 1 saturated carbocycles. The van der Waals surface area contributed by atoms with Gasteiger partial charge in [-0.3, -0.25) is 0 Å². The third-order valence-corrected chi connectivity index (χ3v) is 4.24. The Hall–Kier alpha value is -1.84. The maximum atomic E-state index is 12.2. The van der Waals surface area contributed by atoms with Gasteiger partial charge in [0.15, 0.2) is 0 Å². The van der Waals surface area contributed by atoms with Crippen LogP contribution in [0, 0.1) is 5.92 Å². The quantitative estimate of drug-likeness (QED) is 0.824. The lowest BCUT2D eigenvalue weighted by atomic mass is 9.82. The van der Waals surface area contributed by atoms with Crippen LogP contribution in [0.1, 0.15) is 73.1 Å². The number of carbonyl (C=O) groups is 2. The monoisotopic (exact) mass is 304 g/mol. The number of hydrogen-bond donors (Lipinski definition) is 1. The van der Waals surface area contributed by atoms with Crippen molar-refractivity contribution in [3.63, 3.8) is 0 Å². The maximum absolute atomic E-state index is 12.2. The van der Waals surface area contributed by atoms with Crippen molar-refractivity contribution in [2.45, 2.75) is 58.0 Å². The van der Waals surface area contributed by atoms with Crippen molar-refractivity contribution in [2.75, 3.05) is 0 Å². The average Bonchev–Trinajstić information content (AvgIpc) is 2.47. The summed E-state index contributed by atoms with van der Waals surface area (Å²) < 4.78 is 5.64. The lowest BCUT2D eigenvalue weighted by Gasteiger charge is -2.31. The van der Waals surface area contributed by atoms with Crippen LogP contribution in [0.5, 0.6) is 0 Å². The van der Waals surface area contributed by atoms with Crippen LogP contribution in [0.4, 0.5) is 0 Å². The molecule has 0 heterocycles. The number of hydrogen-bond acceptors (Lipinski definition) is 3. The number of carboxylic acids is 1. The van der Waals surface area contributed by atoms with Gasteiger partial charge in [0.1, 0.15) is 5.60 Å². The zero-order valence-electron chi connectivity index (χ0n) is 13.3. The predicted octanol–water partition coefficient (Wildman–Crippen LogP) is 4.29. The molecule has 0 saturated heterocycles. The molecule has 120 valence electrons. The summed E-state index contributed by atoms with van der Waals surface area (Å²) in [4.78, 5) is 23.0. The minimum Gasteiger partial charge on any atom is -0.478 e. The van der Waals surface area contributed by atoms with Crippen molar-refractivity contribution in [3.05, 3.63) is 35.4 Å². The van der Waals surface area contributed by atoms with Crippen LogP contribution in [0.2, 0.25) is 0 Å². The van der Waals surface area contributed by atoms with Crippen LogP contribution < -0.4 is 0 Å². The van der Waals surface area contributed by atoms with E-state index in [1.54, 1.807) is 0 Å². The second-order valence-electron chi connectivity index (χ2n) is 6.74. The van der Waals surface area contributed by atoms with Crippen molar-refractivity contribution in [2.24, 2.45) is 5.92 Å². The first-order chi connectivity index (χ1) is 10.4. The summed E-state index contributed by atoms with van der Waals surface area (Å²) in [5, 5.41) is 8.87. The number of esters is 1. The molecular formula is C18H24O4. The first-order valence-corrected chi connectivity index (χ1v) is 7.94. The summed E-state index contributed by atoms with van der Waals surface area (Å²) in [6, 6.07) is 5.85. The van der Waals surface area contributed by atoms with E-state index in [9.17, 15) is 9.59 Å². The van der Waals surface area contributed by atoms with Gasteiger partial charge in [0.2, 0.25) is 0 Å². The Kier molecular flexibility index (Phi) is 5.22. The number of carbonyl (C=O) groups excluding carboxylic acids is 1. The Morgan fingerprint density at radius 2 is 1.64 bits per heavy atom. The number of carboxylic acid groups (broad SMARTS) is 1. The third kappa shape index (κ3) is 4.58. The average molecular weight is 304 g/mol. The van der Waals surface area contributed by atoms with E-state index in [4.69, 9.17) is 9.84 Å². The Morgan fingerprint density at radius 1 is 1.09 bits per heavy atom. The van der Waals surface area contributed by atoms with Gasteiger partial charge in [-0.2, -0.15) is 0 Å². The van der Waals surface area contributed by atoms with E-state index in [0.717, 1.165) is 6.42 Å². The molecule has 1 aliphatic rings. The van der Waals surface area contributed by atoms with E-state index in [0.29, 0.717) is 11.5 Å². The molecule has 2 rings (SSSR count). The van der Waals surface area contributed by atoms with E-state index >= 15 is 0 Å². The normalized spacial score (nSPS) is 16.3. The van der Waals surface area contributed by atoms with Crippen LogP contribution in [0.15, 0.2) is 24.3 Å². The summed E-state index contributed by atoms with van der Waals surface area (Å²) in [5.41, 5.74) is 0.0598. The molecular weight excluding hydrogens is 280 g/mol. The molecule has 0 spiro atoms. The standard InChI is InChI=1S/C18H24O4/c1-18(2,12-13-6-4-3-5-7-13)22-17(21)15-10-8-14(9-11-15)16(19)20/h8-11,13H,3-7,12H2,1-2H3,(H,19,20). The molecule has 0 aliphatic heterocycles. The molecule has 1 aromatic carbocycles. The van der Waals surface area contributed by atoms with E-state index in [1.165, 1.54) is 56.4 Å². The smallest absolute Gasteiger partial charge is 0.338 e. The van der Waals surface area contributed by atoms with E-state index in [2.05, 4.69) is 0 Å². The number of benzene rings is 1. The van der Waals surface area contributed by atoms with Gasteiger partial charge in [-0.15, -0.1) is 0 Å². The third-order valence-electron chi connectivity index (χ3n) is 4.24. The summed E-state index contributed by atoms with van der Waals surface area (Å²) in [6.45, 7) is 3.90. The molecule has 22 heavy (non-hydrogen) atoms. The van der Waals surface area contributed by atoms with Gasteiger partial charge in [0.05, 0.1) is 11.1 Å². The molecule has 1 aromatic rings. The second kappa shape index (κ2) is 6.95.